The van der Waals surface area contributed by atoms with Crippen LogP contribution in [0.2, 0.25) is 0 Å². The predicted octanol–water partition coefficient (Wildman–Crippen LogP) is 0.821. The normalized spacial score (nSPS) is 15.1. The first-order valence-electron chi connectivity index (χ1n) is 5.66. The summed E-state index contributed by atoms with van der Waals surface area (Å²) in [7, 11) is 0. The second-order valence-corrected chi connectivity index (χ2v) is 4.53. The van der Waals surface area contributed by atoms with Gasteiger partial charge in [-0.15, -0.1) is 0 Å². The Labute approximate surface area is 119 Å². The van der Waals surface area contributed by atoms with Gasteiger partial charge in [0.25, 0.3) is 0 Å². The Hall–Kier alpha value is -2.01. The van der Waals surface area contributed by atoms with Gasteiger partial charge in [-0.3, -0.25) is 9.59 Å². The van der Waals surface area contributed by atoms with Crippen LogP contribution in [0.1, 0.15) is 13.8 Å². The fourth-order valence-electron chi connectivity index (χ4n) is 1.40. The minimum atomic E-state index is -5.43. The van der Waals surface area contributed by atoms with E-state index >= 15 is 0 Å². The largest absolute Gasteiger partial charge is 0.480 e. The molecule has 0 saturated heterocycles. The van der Waals surface area contributed by atoms with Crippen LogP contribution in [0.5, 0.6) is 0 Å². The van der Waals surface area contributed by atoms with E-state index in [1.807, 2.05) is 0 Å². The van der Waals surface area contributed by atoms with Crippen molar-refractivity contribution in [1.82, 2.24) is 10.6 Å². The van der Waals surface area contributed by atoms with Crippen molar-refractivity contribution in [2.24, 2.45) is 5.92 Å². The van der Waals surface area contributed by atoms with E-state index in [1.165, 1.54) is 5.32 Å². The Morgan fingerprint density at radius 3 is 1.50 bits per heavy atom. The topological polar surface area (TPSA) is 95.5 Å². The summed E-state index contributed by atoms with van der Waals surface area (Å²) in [4.78, 5) is 32.5. The molecule has 0 bridgehead atoms. The Kier molecular flexibility index (Phi) is 6.21. The van der Waals surface area contributed by atoms with Gasteiger partial charge in [-0.1, -0.05) is 13.8 Å². The molecular weight excluding hydrogens is 326 g/mol. The standard InChI is InChI=1S/C10H12F6N2O4/c1-3(2)4(17-7(21)9(11,12)13)5(6(19)20)18-8(22)10(14,15)16/h3-5H,1-2H3,(H,17,21)(H,18,22)(H,19,20)/t4-,5-/m0/s1. The zero-order valence-corrected chi connectivity index (χ0v) is 11.2. The van der Waals surface area contributed by atoms with Crippen LogP contribution in [0.4, 0.5) is 26.3 Å². The molecule has 0 aromatic carbocycles. The fraction of sp³-hybridized carbons (Fsp3) is 0.700. The Morgan fingerprint density at radius 1 is 0.864 bits per heavy atom. The van der Waals surface area contributed by atoms with Crippen molar-refractivity contribution in [3.63, 3.8) is 0 Å². The maximum Gasteiger partial charge on any atom is 0.471 e. The molecule has 0 aliphatic carbocycles. The first-order valence-corrected chi connectivity index (χ1v) is 5.66. The number of carboxylic acid groups (broad SMARTS) is 1. The number of carbonyl (C=O) groups is 3. The second-order valence-electron chi connectivity index (χ2n) is 4.53. The number of alkyl halides is 6. The number of carboxylic acids is 1. The van der Waals surface area contributed by atoms with Gasteiger partial charge < -0.3 is 15.7 Å². The van der Waals surface area contributed by atoms with Crippen molar-refractivity contribution in [3.8, 4) is 0 Å². The molecule has 0 fully saturated rings. The molecule has 0 aromatic heterocycles. The summed E-state index contributed by atoms with van der Waals surface area (Å²) in [5.74, 6) is -8.22. The molecule has 128 valence electrons. The SMILES string of the molecule is CC(C)[C@H](NC(=O)C(F)(F)F)[C@H](NC(=O)C(F)(F)F)C(=O)O. The molecule has 0 rings (SSSR count). The van der Waals surface area contributed by atoms with Crippen LogP contribution in [0.25, 0.3) is 0 Å². The van der Waals surface area contributed by atoms with Crippen LogP contribution in [0.15, 0.2) is 0 Å². The summed E-state index contributed by atoms with van der Waals surface area (Å²) in [6.07, 6.45) is -10.8. The highest BCUT2D eigenvalue weighted by Gasteiger charge is 2.46. The molecule has 6 nitrogen and oxygen atoms in total. The van der Waals surface area contributed by atoms with E-state index in [2.05, 4.69) is 0 Å². The van der Waals surface area contributed by atoms with Crippen LogP contribution in [-0.4, -0.2) is 47.3 Å². The van der Waals surface area contributed by atoms with Crippen LogP contribution >= 0.6 is 0 Å². The molecule has 12 heteroatoms. The first-order chi connectivity index (χ1) is 9.67. The molecule has 3 N–H and O–H groups in total. The molecule has 2 atom stereocenters. The van der Waals surface area contributed by atoms with Crippen molar-refractivity contribution >= 4 is 17.8 Å². The minimum absolute atomic E-state index is 1.01. The van der Waals surface area contributed by atoms with Crippen molar-refractivity contribution in [2.45, 2.75) is 38.3 Å². The van der Waals surface area contributed by atoms with Crippen LogP contribution in [0, 0.1) is 5.92 Å². The Balaban J connectivity index is 5.35. The number of carbonyl (C=O) groups excluding carboxylic acids is 2. The summed E-state index contributed by atoms with van der Waals surface area (Å²) in [6, 6.07) is -4.29. The smallest absolute Gasteiger partial charge is 0.471 e. The lowest BCUT2D eigenvalue weighted by atomic mass is 9.96. The summed E-state index contributed by atoms with van der Waals surface area (Å²) in [5, 5.41) is 11.1. The summed E-state index contributed by atoms with van der Waals surface area (Å²) < 4.78 is 72.8. The van der Waals surface area contributed by atoms with Crippen molar-refractivity contribution < 1.29 is 45.8 Å². The second kappa shape index (κ2) is 6.83. The van der Waals surface area contributed by atoms with Crippen LogP contribution in [0.3, 0.4) is 0 Å². The summed E-state index contributed by atoms with van der Waals surface area (Å²) in [6.45, 7) is 2.33. The molecular formula is C10H12F6N2O4. The number of aliphatic carboxylic acids is 1. The molecule has 0 aliphatic heterocycles. The third kappa shape index (κ3) is 5.77. The van der Waals surface area contributed by atoms with Gasteiger partial charge >= 0.3 is 30.1 Å². The number of rotatable bonds is 5. The average molecular weight is 338 g/mol. The van der Waals surface area contributed by atoms with Gasteiger partial charge in [-0.2, -0.15) is 26.3 Å². The maximum absolute atomic E-state index is 12.2. The third-order valence-electron chi connectivity index (χ3n) is 2.44. The van der Waals surface area contributed by atoms with Crippen LogP contribution in [-0.2, 0) is 14.4 Å². The lowest BCUT2D eigenvalue weighted by Crippen LogP contribution is -2.61. The number of nitrogens with one attached hydrogen (secondary N) is 2. The molecule has 22 heavy (non-hydrogen) atoms. The van der Waals surface area contributed by atoms with E-state index in [4.69, 9.17) is 5.11 Å². The van der Waals surface area contributed by atoms with E-state index in [-0.39, 0.29) is 0 Å². The summed E-state index contributed by atoms with van der Waals surface area (Å²) >= 11 is 0. The van der Waals surface area contributed by atoms with Gasteiger partial charge in [0.15, 0.2) is 0 Å². The third-order valence-corrected chi connectivity index (χ3v) is 2.44. The van der Waals surface area contributed by atoms with Crippen LogP contribution < -0.4 is 10.6 Å². The Morgan fingerprint density at radius 2 is 1.23 bits per heavy atom. The van der Waals surface area contributed by atoms with E-state index in [9.17, 15) is 40.7 Å². The van der Waals surface area contributed by atoms with Crippen molar-refractivity contribution in [2.75, 3.05) is 0 Å². The maximum atomic E-state index is 12.2. The van der Waals surface area contributed by atoms with Gasteiger partial charge in [0.1, 0.15) is 6.04 Å². The molecule has 0 radical (unpaired) electrons. The van der Waals surface area contributed by atoms with Gasteiger partial charge in [0.2, 0.25) is 0 Å². The monoisotopic (exact) mass is 338 g/mol. The van der Waals surface area contributed by atoms with Gasteiger partial charge in [0, 0.05) is 0 Å². The molecule has 2 amide bonds. The molecule has 0 aromatic rings. The quantitative estimate of drug-likeness (QED) is 0.647. The van der Waals surface area contributed by atoms with Gasteiger partial charge in [-0.25, -0.2) is 4.79 Å². The highest BCUT2D eigenvalue weighted by atomic mass is 19.4. The average Bonchev–Trinajstić information content (AvgIpc) is 2.29. The molecule has 0 unspecified atom stereocenters. The number of amides is 2. The van der Waals surface area contributed by atoms with E-state index in [1.54, 1.807) is 0 Å². The minimum Gasteiger partial charge on any atom is -0.480 e. The lowest BCUT2D eigenvalue weighted by molar-refractivity contribution is -0.178. The van der Waals surface area contributed by atoms with Crippen molar-refractivity contribution in [3.05, 3.63) is 0 Å². The highest BCUT2D eigenvalue weighted by Crippen LogP contribution is 2.19. The zero-order chi connectivity index (χ0) is 17.9. The Bertz CT molecular complexity index is 446. The van der Waals surface area contributed by atoms with Crippen molar-refractivity contribution in [1.29, 1.82) is 0 Å². The summed E-state index contributed by atoms with van der Waals surface area (Å²) in [5.41, 5.74) is 0. The van der Waals surface area contributed by atoms with E-state index in [0.717, 1.165) is 19.2 Å². The number of hydrogen-bond acceptors (Lipinski definition) is 3. The van der Waals surface area contributed by atoms with E-state index in [0.29, 0.717) is 0 Å². The number of hydrogen-bond donors (Lipinski definition) is 3. The molecule has 0 aliphatic rings. The number of halogens is 6. The fourth-order valence-corrected chi connectivity index (χ4v) is 1.40. The molecule has 0 saturated carbocycles. The van der Waals surface area contributed by atoms with E-state index < -0.39 is 48.1 Å². The first kappa shape index (κ1) is 20.0. The van der Waals surface area contributed by atoms with Gasteiger partial charge in [-0.05, 0) is 5.92 Å². The molecule has 0 heterocycles. The van der Waals surface area contributed by atoms with Gasteiger partial charge in [0.05, 0.1) is 6.04 Å². The zero-order valence-electron chi connectivity index (χ0n) is 11.2. The lowest BCUT2D eigenvalue weighted by Gasteiger charge is -2.29. The molecule has 0 spiro atoms. The highest BCUT2D eigenvalue weighted by molar-refractivity contribution is 5.88. The predicted molar refractivity (Wildman–Crippen MR) is 58.4 cm³/mol.